The van der Waals surface area contributed by atoms with Crippen LogP contribution in [0.1, 0.15) is 36.8 Å². The van der Waals surface area contributed by atoms with Crippen molar-refractivity contribution in [3.8, 4) is 11.5 Å². The quantitative estimate of drug-likeness (QED) is 0.342. The van der Waals surface area contributed by atoms with Gasteiger partial charge in [-0.05, 0) is 48.2 Å². The first kappa shape index (κ1) is 29.7. The molecule has 9 nitrogen and oxygen atoms in total. The van der Waals surface area contributed by atoms with Crippen molar-refractivity contribution in [1.29, 1.82) is 0 Å². The monoisotopic (exact) mass is 611 g/mol. The van der Waals surface area contributed by atoms with Crippen molar-refractivity contribution in [2.75, 3.05) is 23.9 Å². The van der Waals surface area contributed by atoms with Crippen molar-refractivity contribution in [1.82, 2.24) is 10.2 Å². The molecule has 0 radical (unpaired) electrons. The molecule has 11 heteroatoms. The van der Waals surface area contributed by atoms with E-state index in [1.54, 1.807) is 30.3 Å². The topological polar surface area (TPSA) is 105 Å². The van der Waals surface area contributed by atoms with Gasteiger partial charge in [0.25, 0.3) is 0 Å². The molecular weight excluding hydrogens is 578 g/mol. The van der Waals surface area contributed by atoms with Gasteiger partial charge >= 0.3 is 0 Å². The summed E-state index contributed by atoms with van der Waals surface area (Å²) in [4.78, 5) is 29.6. The fourth-order valence-electron chi connectivity index (χ4n) is 5.41. The van der Waals surface area contributed by atoms with Crippen molar-refractivity contribution in [3.05, 3.63) is 88.9 Å². The zero-order valence-electron chi connectivity index (χ0n) is 23.4. The fraction of sp³-hybridized carbons (Fsp3) is 0.355. The van der Waals surface area contributed by atoms with E-state index in [-0.39, 0.29) is 37.4 Å². The summed E-state index contributed by atoms with van der Waals surface area (Å²) in [6.45, 7) is -0.421. The molecule has 3 aromatic rings. The predicted molar refractivity (Wildman–Crippen MR) is 161 cm³/mol. The Morgan fingerprint density at radius 3 is 2.38 bits per heavy atom. The second-order valence-electron chi connectivity index (χ2n) is 10.7. The van der Waals surface area contributed by atoms with Gasteiger partial charge in [-0.1, -0.05) is 66.9 Å². The van der Waals surface area contributed by atoms with Gasteiger partial charge in [-0.3, -0.25) is 13.9 Å². The molecule has 222 valence electrons. The maximum Gasteiger partial charge on any atom is 0.244 e. The van der Waals surface area contributed by atoms with Gasteiger partial charge in [-0.2, -0.15) is 0 Å². The first-order valence-corrected chi connectivity index (χ1v) is 16.2. The zero-order valence-corrected chi connectivity index (χ0v) is 24.9. The molecule has 0 unspecified atom stereocenters. The first-order chi connectivity index (χ1) is 20.2. The number of anilines is 1. The fourth-order valence-corrected chi connectivity index (χ4v) is 6.46. The highest BCUT2D eigenvalue weighted by atomic mass is 35.5. The third kappa shape index (κ3) is 7.35. The number of hydrogen-bond donors (Lipinski definition) is 1. The molecule has 1 aliphatic carbocycles. The minimum absolute atomic E-state index is 0.0290. The van der Waals surface area contributed by atoms with E-state index >= 15 is 0 Å². The largest absolute Gasteiger partial charge is 0.454 e. The second kappa shape index (κ2) is 13.0. The number of hydrogen-bond acceptors (Lipinski definition) is 6. The van der Waals surface area contributed by atoms with Crippen LogP contribution in [-0.4, -0.2) is 56.8 Å². The normalized spacial score (nSPS) is 15.3. The number of sulfonamides is 1. The summed E-state index contributed by atoms with van der Waals surface area (Å²) in [5.74, 6) is 0.0885. The van der Waals surface area contributed by atoms with E-state index in [1.807, 2.05) is 36.4 Å². The van der Waals surface area contributed by atoms with E-state index in [0.29, 0.717) is 16.5 Å². The summed E-state index contributed by atoms with van der Waals surface area (Å²) in [6.07, 6.45) is 5.15. The zero-order chi connectivity index (χ0) is 29.7. The molecular formula is C31H34ClN3O6S. The molecule has 0 bridgehead atoms. The lowest BCUT2D eigenvalue weighted by Gasteiger charge is -2.34. The van der Waals surface area contributed by atoms with Crippen molar-refractivity contribution in [2.45, 2.75) is 50.7 Å². The minimum Gasteiger partial charge on any atom is -0.454 e. The Balaban J connectivity index is 1.50. The highest BCUT2D eigenvalue weighted by Gasteiger charge is 2.34. The predicted octanol–water partition coefficient (Wildman–Crippen LogP) is 4.53. The molecule has 42 heavy (non-hydrogen) atoms. The maximum atomic E-state index is 14.2. The minimum atomic E-state index is -3.90. The molecule has 5 rings (SSSR count). The Morgan fingerprint density at radius 1 is 0.952 bits per heavy atom. The van der Waals surface area contributed by atoms with Gasteiger partial charge in [0.15, 0.2) is 11.5 Å². The number of fused-ring (bicyclic) bond motifs is 1. The van der Waals surface area contributed by atoms with E-state index < -0.39 is 28.5 Å². The van der Waals surface area contributed by atoms with Crippen molar-refractivity contribution in [2.24, 2.45) is 0 Å². The summed E-state index contributed by atoms with van der Waals surface area (Å²) < 4.78 is 37.8. The average Bonchev–Trinajstić information content (AvgIpc) is 3.65. The van der Waals surface area contributed by atoms with Crippen molar-refractivity contribution >= 4 is 39.1 Å². The number of carbonyl (C=O) groups excluding carboxylic acids is 2. The Kier molecular flexibility index (Phi) is 9.23. The molecule has 1 fully saturated rings. The standard InChI is InChI=1S/C31H34ClN3O6S/c1-42(38,39)35(26-14-15-28-29(18-26)41-21-40-28)20-30(36)34(19-23-10-7-11-24(32)16-23)27(17-22-8-3-2-4-9-22)31(37)33-25-12-5-6-13-25/h2-4,7-11,14-16,18,25,27H,5-6,12-13,17,19-21H2,1H3,(H,33,37)/t27-/m1/s1. The van der Waals surface area contributed by atoms with Crippen LogP contribution >= 0.6 is 11.6 Å². The van der Waals surface area contributed by atoms with Crippen molar-refractivity contribution < 1.29 is 27.5 Å². The van der Waals surface area contributed by atoms with E-state index in [4.69, 9.17) is 21.1 Å². The Labute approximate surface area is 251 Å². The third-order valence-corrected chi connectivity index (χ3v) is 8.91. The van der Waals surface area contributed by atoms with Gasteiger partial charge in [0, 0.05) is 30.1 Å². The van der Waals surface area contributed by atoms with E-state index in [9.17, 15) is 18.0 Å². The number of benzene rings is 3. The first-order valence-electron chi connectivity index (χ1n) is 13.9. The third-order valence-electron chi connectivity index (χ3n) is 7.54. The van der Waals surface area contributed by atoms with Gasteiger partial charge in [0.2, 0.25) is 28.6 Å². The summed E-state index contributed by atoms with van der Waals surface area (Å²) in [5.41, 5.74) is 1.85. The number of nitrogens with zero attached hydrogens (tertiary/aromatic N) is 2. The molecule has 2 amide bonds. The van der Waals surface area contributed by atoms with Gasteiger partial charge in [0.1, 0.15) is 12.6 Å². The second-order valence-corrected chi connectivity index (χ2v) is 13.0. The van der Waals surface area contributed by atoms with Gasteiger partial charge in [-0.15, -0.1) is 0 Å². The molecule has 2 aliphatic rings. The van der Waals surface area contributed by atoms with Crippen LogP contribution in [0.25, 0.3) is 0 Å². The van der Waals surface area contributed by atoms with Crippen LogP contribution in [0.2, 0.25) is 5.02 Å². The number of nitrogens with one attached hydrogen (secondary N) is 1. The number of amides is 2. The number of rotatable bonds is 11. The van der Waals surface area contributed by atoms with Gasteiger partial charge in [-0.25, -0.2) is 8.42 Å². The van der Waals surface area contributed by atoms with Gasteiger partial charge < -0.3 is 19.7 Å². The molecule has 0 saturated heterocycles. The molecule has 3 aromatic carbocycles. The molecule has 1 heterocycles. The molecule has 0 spiro atoms. The van der Waals surface area contributed by atoms with Crippen LogP contribution in [0.5, 0.6) is 11.5 Å². The molecule has 1 saturated carbocycles. The van der Waals surface area contributed by atoms with Gasteiger partial charge in [0.05, 0.1) is 11.9 Å². The molecule has 1 aliphatic heterocycles. The Hall–Kier alpha value is -3.76. The van der Waals surface area contributed by atoms with E-state index in [0.717, 1.165) is 47.4 Å². The summed E-state index contributed by atoms with van der Waals surface area (Å²) in [6, 6.07) is 20.4. The van der Waals surface area contributed by atoms with E-state index in [2.05, 4.69) is 5.32 Å². The number of ether oxygens (including phenoxy) is 2. The lowest BCUT2D eigenvalue weighted by molar-refractivity contribution is -0.140. The van der Waals surface area contributed by atoms with E-state index in [1.165, 1.54) is 11.0 Å². The smallest absolute Gasteiger partial charge is 0.244 e. The summed E-state index contributed by atoms with van der Waals surface area (Å²) in [5, 5.41) is 3.65. The lowest BCUT2D eigenvalue weighted by atomic mass is 10.0. The number of carbonyl (C=O) groups is 2. The average molecular weight is 612 g/mol. The highest BCUT2D eigenvalue weighted by molar-refractivity contribution is 7.92. The Morgan fingerprint density at radius 2 is 1.67 bits per heavy atom. The summed E-state index contributed by atoms with van der Waals surface area (Å²) >= 11 is 6.27. The molecule has 0 aromatic heterocycles. The van der Waals surface area contributed by atoms with Crippen LogP contribution in [0.3, 0.4) is 0 Å². The van der Waals surface area contributed by atoms with Crippen LogP contribution in [0.15, 0.2) is 72.8 Å². The van der Waals surface area contributed by atoms with Crippen LogP contribution < -0.4 is 19.1 Å². The van der Waals surface area contributed by atoms with Crippen LogP contribution in [0, 0.1) is 0 Å². The summed E-state index contributed by atoms with van der Waals surface area (Å²) in [7, 11) is -3.90. The maximum absolute atomic E-state index is 14.2. The SMILES string of the molecule is CS(=O)(=O)N(CC(=O)N(Cc1cccc(Cl)c1)[C@H](Cc1ccccc1)C(=O)NC1CCCC1)c1ccc2c(c1)OCO2. The van der Waals surface area contributed by atoms with Crippen LogP contribution in [0.4, 0.5) is 5.69 Å². The van der Waals surface area contributed by atoms with Crippen molar-refractivity contribution in [3.63, 3.8) is 0 Å². The highest BCUT2D eigenvalue weighted by Crippen LogP contribution is 2.36. The Bertz CT molecular complexity index is 1530. The molecule has 1 N–H and O–H groups in total. The lowest BCUT2D eigenvalue weighted by Crippen LogP contribution is -2.54. The van der Waals surface area contributed by atoms with Crippen LogP contribution in [-0.2, 0) is 32.6 Å². The number of halogens is 1. The molecule has 1 atom stereocenters.